The molecule has 0 aliphatic heterocycles. The Bertz CT molecular complexity index is 699. The van der Waals surface area contributed by atoms with E-state index in [2.05, 4.69) is 11.2 Å². The molecule has 0 saturated carbocycles. The second kappa shape index (κ2) is 7.10. The summed E-state index contributed by atoms with van der Waals surface area (Å²) in [6.07, 6.45) is 1.51. The zero-order chi connectivity index (χ0) is 16.1. The van der Waals surface area contributed by atoms with Crippen molar-refractivity contribution in [3.8, 4) is 17.6 Å². The van der Waals surface area contributed by atoms with Crippen LogP contribution in [-0.4, -0.2) is 21.5 Å². The predicted octanol–water partition coefficient (Wildman–Crippen LogP) is 2.97. The van der Waals surface area contributed by atoms with Crippen LogP contribution >= 0.6 is 0 Å². The van der Waals surface area contributed by atoms with Crippen LogP contribution in [0, 0.1) is 18.3 Å². The van der Waals surface area contributed by atoms with Crippen molar-refractivity contribution in [1.82, 2.24) is 9.78 Å². The highest BCUT2D eigenvalue weighted by Crippen LogP contribution is 2.31. The van der Waals surface area contributed by atoms with Gasteiger partial charge in [-0.2, -0.15) is 10.4 Å². The van der Waals surface area contributed by atoms with Crippen molar-refractivity contribution in [2.24, 2.45) is 0 Å². The standard InChI is InChI=1S/C17H21N3O2/c1-4-15-17(16(5-2)20(19-15)6-7-21)22-14-9-12(3)8-13(10-14)11-18/h8-10,21H,4-7H2,1-3H3. The van der Waals surface area contributed by atoms with Crippen LogP contribution in [0.5, 0.6) is 11.5 Å². The van der Waals surface area contributed by atoms with Crippen LogP contribution < -0.4 is 4.74 Å². The predicted molar refractivity (Wildman–Crippen MR) is 84.0 cm³/mol. The SMILES string of the molecule is CCc1nn(CCO)c(CC)c1Oc1cc(C)cc(C#N)c1. The third-order valence-corrected chi connectivity index (χ3v) is 3.46. The van der Waals surface area contributed by atoms with E-state index < -0.39 is 0 Å². The van der Waals surface area contributed by atoms with E-state index in [1.54, 1.807) is 10.7 Å². The number of aliphatic hydroxyl groups is 1. The van der Waals surface area contributed by atoms with E-state index >= 15 is 0 Å². The number of hydrogen-bond acceptors (Lipinski definition) is 4. The summed E-state index contributed by atoms with van der Waals surface area (Å²) in [5, 5.41) is 22.8. The first kappa shape index (κ1) is 16.1. The number of aromatic nitrogens is 2. The van der Waals surface area contributed by atoms with Crippen LogP contribution in [0.25, 0.3) is 0 Å². The zero-order valence-corrected chi connectivity index (χ0v) is 13.3. The molecule has 0 radical (unpaired) electrons. The monoisotopic (exact) mass is 299 g/mol. The number of rotatable bonds is 6. The molecule has 0 saturated heterocycles. The van der Waals surface area contributed by atoms with Gasteiger partial charge in [-0.1, -0.05) is 13.8 Å². The normalized spacial score (nSPS) is 10.5. The van der Waals surface area contributed by atoms with E-state index in [-0.39, 0.29) is 6.61 Å². The molecule has 0 amide bonds. The fourth-order valence-corrected chi connectivity index (χ4v) is 2.50. The Morgan fingerprint density at radius 1 is 1.27 bits per heavy atom. The number of aryl methyl sites for hydroxylation is 2. The van der Waals surface area contributed by atoms with Crippen LogP contribution in [0.1, 0.15) is 36.4 Å². The van der Waals surface area contributed by atoms with Gasteiger partial charge in [0.15, 0.2) is 5.75 Å². The smallest absolute Gasteiger partial charge is 0.171 e. The van der Waals surface area contributed by atoms with Gasteiger partial charge in [-0.25, -0.2) is 0 Å². The van der Waals surface area contributed by atoms with E-state index in [0.29, 0.717) is 17.9 Å². The van der Waals surface area contributed by atoms with Gasteiger partial charge >= 0.3 is 0 Å². The molecule has 5 nitrogen and oxygen atoms in total. The molecule has 22 heavy (non-hydrogen) atoms. The third kappa shape index (κ3) is 3.29. The van der Waals surface area contributed by atoms with Gasteiger partial charge in [-0.05, 0) is 43.5 Å². The Kier molecular flexibility index (Phi) is 5.18. The van der Waals surface area contributed by atoms with Crippen LogP contribution in [0.2, 0.25) is 0 Å². The van der Waals surface area contributed by atoms with Gasteiger partial charge in [0.25, 0.3) is 0 Å². The summed E-state index contributed by atoms with van der Waals surface area (Å²) >= 11 is 0. The Labute approximate surface area is 130 Å². The summed E-state index contributed by atoms with van der Waals surface area (Å²) in [5.41, 5.74) is 3.39. The Morgan fingerprint density at radius 2 is 2.05 bits per heavy atom. The van der Waals surface area contributed by atoms with Crippen molar-refractivity contribution in [2.75, 3.05) is 6.61 Å². The lowest BCUT2D eigenvalue weighted by Gasteiger charge is -2.10. The molecule has 0 aliphatic carbocycles. The lowest BCUT2D eigenvalue weighted by atomic mass is 10.1. The number of benzene rings is 1. The molecule has 5 heteroatoms. The summed E-state index contributed by atoms with van der Waals surface area (Å²) in [5.74, 6) is 1.39. The van der Waals surface area contributed by atoms with Crippen molar-refractivity contribution >= 4 is 0 Å². The summed E-state index contributed by atoms with van der Waals surface area (Å²) in [7, 11) is 0. The zero-order valence-electron chi connectivity index (χ0n) is 13.3. The third-order valence-electron chi connectivity index (χ3n) is 3.46. The number of nitrogens with zero attached hydrogens (tertiary/aromatic N) is 3. The molecule has 1 N–H and O–H groups in total. The van der Waals surface area contributed by atoms with Crippen LogP contribution in [0.4, 0.5) is 0 Å². The van der Waals surface area contributed by atoms with Crippen molar-refractivity contribution in [3.05, 3.63) is 40.7 Å². The van der Waals surface area contributed by atoms with Gasteiger partial charge in [-0.3, -0.25) is 4.68 Å². The van der Waals surface area contributed by atoms with Crippen LogP contribution in [-0.2, 0) is 19.4 Å². The number of hydrogen-bond donors (Lipinski definition) is 1. The van der Waals surface area contributed by atoms with E-state index in [4.69, 9.17) is 15.1 Å². The molecule has 116 valence electrons. The molecule has 1 aromatic heterocycles. The highest BCUT2D eigenvalue weighted by Gasteiger charge is 2.17. The van der Waals surface area contributed by atoms with Gasteiger partial charge in [0.2, 0.25) is 0 Å². The maximum Gasteiger partial charge on any atom is 0.171 e. The average molecular weight is 299 g/mol. The highest BCUT2D eigenvalue weighted by molar-refractivity contribution is 5.44. The largest absolute Gasteiger partial charge is 0.453 e. The van der Waals surface area contributed by atoms with Gasteiger partial charge in [0.1, 0.15) is 11.4 Å². The molecule has 0 atom stereocenters. The maximum atomic E-state index is 9.17. The lowest BCUT2D eigenvalue weighted by molar-refractivity contribution is 0.267. The van der Waals surface area contributed by atoms with E-state index in [1.165, 1.54) is 0 Å². The minimum Gasteiger partial charge on any atom is -0.453 e. The molecular weight excluding hydrogens is 278 g/mol. The van der Waals surface area contributed by atoms with Crippen molar-refractivity contribution in [2.45, 2.75) is 40.2 Å². The van der Waals surface area contributed by atoms with E-state index in [0.717, 1.165) is 35.5 Å². The molecule has 0 unspecified atom stereocenters. The molecule has 0 fully saturated rings. The van der Waals surface area contributed by atoms with Crippen LogP contribution in [0.3, 0.4) is 0 Å². The van der Waals surface area contributed by atoms with Gasteiger partial charge in [-0.15, -0.1) is 0 Å². The quantitative estimate of drug-likeness (QED) is 0.890. The number of ether oxygens (including phenoxy) is 1. The van der Waals surface area contributed by atoms with E-state index in [9.17, 15) is 0 Å². The maximum absolute atomic E-state index is 9.17. The molecule has 1 aromatic carbocycles. The Morgan fingerprint density at radius 3 is 2.64 bits per heavy atom. The molecule has 2 aromatic rings. The summed E-state index contributed by atoms with van der Waals surface area (Å²) < 4.78 is 7.86. The second-order valence-corrected chi connectivity index (χ2v) is 5.12. The minimum absolute atomic E-state index is 0.0420. The Balaban J connectivity index is 2.44. The average Bonchev–Trinajstić information content (AvgIpc) is 2.83. The van der Waals surface area contributed by atoms with Gasteiger partial charge in [0.05, 0.1) is 30.5 Å². The molecule has 2 rings (SSSR count). The Hall–Kier alpha value is -2.32. The first-order chi connectivity index (χ1) is 10.6. The van der Waals surface area contributed by atoms with Crippen molar-refractivity contribution in [3.63, 3.8) is 0 Å². The number of aliphatic hydroxyl groups excluding tert-OH is 1. The van der Waals surface area contributed by atoms with Crippen molar-refractivity contribution in [1.29, 1.82) is 5.26 Å². The van der Waals surface area contributed by atoms with Crippen molar-refractivity contribution < 1.29 is 9.84 Å². The van der Waals surface area contributed by atoms with E-state index in [1.807, 2.05) is 32.9 Å². The molecule has 1 heterocycles. The number of nitriles is 1. The molecule has 0 bridgehead atoms. The fourth-order valence-electron chi connectivity index (χ4n) is 2.50. The molecular formula is C17H21N3O2. The fraction of sp³-hybridized carbons (Fsp3) is 0.412. The topological polar surface area (TPSA) is 71.1 Å². The summed E-state index contributed by atoms with van der Waals surface area (Å²) in [6.45, 7) is 6.49. The lowest BCUT2D eigenvalue weighted by Crippen LogP contribution is -2.08. The minimum atomic E-state index is 0.0420. The van der Waals surface area contributed by atoms with Crippen LogP contribution in [0.15, 0.2) is 18.2 Å². The molecule has 0 spiro atoms. The van der Waals surface area contributed by atoms with Gasteiger partial charge < -0.3 is 9.84 Å². The summed E-state index contributed by atoms with van der Waals surface area (Å²) in [4.78, 5) is 0. The summed E-state index contributed by atoms with van der Waals surface area (Å²) in [6, 6.07) is 7.60. The highest BCUT2D eigenvalue weighted by atomic mass is 16.5. The second-order valence-electron chi connectivity index (χ2n) is 5.12. The first-order valence-electron chi connectivity index (χ1n) is 7.51. The molecule has 0 aliphatic rings. The van der Waals surface area contributed by atoms with Gasteiger partial charge in [0, 0.05) is 0 Å². The first-order valence-corrected chi connectivity index (χ1v) is 7.51.